The molecule has 6 heteroatoms. The molecule has 0 saturated carbocycles. The molecule has 1 aliphatic heterocycles. The number of piperidine rings is 1. The largest absolute Gasteiger partial charge is 0.342 e. The van der Waals surface area contributed by atoms with Crippen LogP contribution in [0.1, 0.15) is 44.3 Å². The first-order valence-electron chi connectivity index (χ1n) is 7.44. The minimum absolute atomic E-state index is 0.224. The highest BCUT2D eigenvalue weighted by molar-refractivity contribution is 5.78. The normalized spacial score (nSPS) is 17.4. The number of likely N-dealkylation sites (tertiary alicyclic amines) is 1. The van der Waals surface area contributed by atoms with Crippen LogP contribution >= 0.6 is 0 Å². The van der Waals surface area contributed by atoms with Crippen LogP contribution in [0.3, 0.4) is 0 Å². The van der Waals surface area contributed by atoms with E-state index in [-0.39, 0.29) is 5.91 Å². The molecule has 6 nitrogen and oxygen atoms in total. The molecule has 1 saturated heterocycles. The maximum atomic E-state index is 12.1. The minimum atomic E-state index is 0.224. The number of carbonyl (C=O) groups excluding carboxylic acids is 1. The van der Waals surface area contributed by atoms with Crippen LogP contribution in [-0.2, 0) is 4.79 Å². The Labute approximate surface area is 120 Å². The number of nitrogens with zero attached hydrogens (tertiary/aromatic N) is 4. The van der Waals surface area contributed by atoms with Gasteiger partial charge in [0.15, 0.2) is 5.82 Å². The van der Waals surface area contributed by atoms with Crippen LogP contribution in [-0.4, -0.2) is 58.6 Å². The quantitative estimate of drug-likeness (QED) is 0.816. The molecule has 2 heterocycles. The van der Waals surface area contributed by atoms with E-state index in [1.54, 1.807) is 0 Å². The van der Waals surface area contributed by atoms with E-state index in [4.69, 9.17) is 4.52 Å². The molecule has 0 spiro atoms. The van der Waals surface area contributed by atoms with Gasteiger partial charge in [0.05, 0.1) is 6.54 Å². The molecule has 1 aromatic heterocycles. The number of hydrogen-bond donors (Lipinski definition) is 0. The number of aryl methyl sites for hydroxylation is 1. The van der Waals surface area contributed by atoms with E-state index in [9.17, 15) is 4.79 Å². The summed E-state index contributed by atoms with van der Waals surface area (Å²) in [7, 11) is 0. The third-order valence-electron chi connectivity index (χ3n) is 3.96. The molecule has 0 atom stereocenters. The zero-order chi connectivity index (χ0) is 14.5. The average Bonchev–Trinajstić information content (AvgIpc) is 2.87. The van der Waals surface area contributed by atoms with E-state index >= 15 is 0 Å². The first-order chi connectivity index (χ1) is 9.63. The summed E-state index contributed by atoms with van der Waals surface area (Å²) < 4.78 is 5.24. The maximum Gasteiger partial charge on any atom is 0.236 e. The Balaban J connectivity index is 1.81. The summed E-state index contributed by atoms with van der Waals surface area (Å²) in [6.45, 7) is 9.80. The molecule has 0 bridgehead atoms. The minimum Gasteiger partial charge on any atom is -0.342 e. The molecule has 112 valence electrons. The molecule has 1 amide bonds. The summed E-state index contributed by atoms with van der Waals surface area (Å²) in [6.07, 6.45) is 1.96. The third kappa shape index (κ3) is 3.56. The average molecular weight is 280 g/mol. The van der Waals surface area contributed by atoms with E-state index in [0.29, 0.717) is 18.3 Å². The zero-order valence-electron chi connectivity index (χ0n) is 12.6. The fraction of sp³-hybridized carbons (Fsp3) is 0.786. The lowest BCUT2D eigenvalue weighted by molar-refractivity contribution is -0.132. The number of likely N-dealkylation sites (N-methyl/N-ethyl adjacent to an activating group) is 1. The van der Waals surface area contributed by atoms with Gasteiger partial charge in [-0.2, -0.15) is 4.98 Å². The van der Waals surface area contributed by atoms with Gasteiger partial charge in [-0.1, -0.05) is 5.16 Å². The lowest BCUT2D eigenvalue weighted by Crippen LogP contribution is -2.43. The van der Waals surface area contributed by atoms with Crippen LogP contribution in [0.25, 0.3) is 0 Å². The molecule has 0 unspecified atom stereocenters. The van der Waals surface area contributed by atoms with Gasteiger partial charge in [0.1, 0.15) is 0 Å². The van der Waals surface area contributed by atoms with Crippen molar-refractivity contribution in [1.29, 1.82) is 0 Å². The second kappa shape index (κ2) is 6.83. The summed E-state index contributed by atoms with van der Waals surface area (Å²) in [5.74, 6) is 2.01. The van der Waals surface area contributed by atoms with Gasteiger partial charge in [0, 0.05) is 19.0 Å². The molecule has 0 aromatic carbocycles. The molecule has 1 aromatic rings. The predicted octanol–water partition coefficient (Wildman–Crippen LogP) is 1.43. The first-order valence-corrected chi connectivity index (χ1v) is 7.44. The molecule has 20 heavy (non-hydrogen) atoms. The Morgan fingerprint density at radius 3 is 2.50 bits per heavy atom. The Hall–Kier alpha value is -1.43. The molecule has 2 rings (SSSR count). The van der Waals surface area contributed by atoms with Crippen LogP contribution in [0.5, 0.6) is 0 Å². The van der Waals surface area contributed by atoms with Crippen molar-refractivity contribution in [2.24, 2.45) is 0 Å². The number of hydrogen-bond acceptors (Lipinski definition) is 5. The standard InChI is InChI=1S/C14H24N4O2/c1-4-18(5-2)13(19)10-17-8-6-12(7-9-17)14-15-11(3)16-20-14/h12H,4-10H2,1-3H3. The summed E-state index contributed by atoms with van der Waals surface area (Å²) in [6, 6.07) is 0. The fourth-order valence-corrected chi connectivity index (χ4v) is 2.68. The summed E-state index contributed by atoms with van der Waals surface area (Å²) in [5, 5.41) is 3.84. The monoisotopic (exact) mass is 280 g/mol. The second-order valence-electron chi connectivity index (χ2n) is 5.30. The van der Waals surface area contributed by atoms with E-state index in [2.05, 4.69) is 15.0 Å². The van der Waals surface area contributed by atoms with Crippen LogP contribution in [0, 0.1) is 6.92 Å². The van der Waals surface area contributed by atoms with Crippen molar-refractivity contribution in [1.82, 2.24) is 19.9 Å². The van der Waals surface area contributed by atoms with Gasteiger partial charge in [-0.05, 0) is 46.7 Å². The van der Waals surface area contributed by atoms with E-state index in [0.717, 1.165) is 44.9 Å². The van der Waals surface area contributed by atoms with E-state index < -0.39 is 0 Å². The van der Waals surface area contributed by atoms with Gasteiger partial charge in [-0.15, -0.1) is 0 Å². The van der Waals surface area contributed by atoms with Gasteiger partial charge in [-0.25, -0.2) is 0 Å². The van der Waals surface area contributed by atoms with Crippen molar-refractivity contribution in [2.45, 2.75) is 39.5 Å². The first kappa shape index (κ1) is 15.0. The highest BCUT2D eigenvalue weighted by Crippen LogP contribution is 2.26. The molecular weight excluding hydrogens is 256 g/mol. The lowest BCUT2D eigenvalue weighted by atomic mass is 9.97. The Kier molecular flexibility index (Phi) is 5.11. The lowest BCUT2D eigenvalue weighted by Gasteiger charge is -2.31. The Morgan fingerprint density at radius 2 is 2.00 bits per heavy atom. The molecule has 0 N–H and O–H groups in total. The van der Waals surface area contributed by atoms with Crippen molar-refractivity contribution in [3.63, 3.8) is 0 Å². The summed E-state index contributed by atoms with van der Waals surface area (Å²) >= 11 is 0. The van der Waals surface area contributed by atoms with Gasteiger partial charge in [-0.3, -0.25) is 9.69 Å². The molecule has 1 aliphatic rings. The van der Waals surface area contributed by atoms with Crippen molar-refractivity contribution >= 4 is 5.91 Å². The topological polar surface area (TPSA) is 62.5 Å². The zero-order valence-corrected chi connectivity index (χ0v) is 12.6. The van der Waals surface area contributed by atoms with Crippen molar-refractivity contribution < 1.29 is 9.32 Å². The number of aromatic nitrogens is 2. The van der Waals surface area contributed by atoms with Crippen molar-refractivity contribution in [3.8, 4) is 0 Å². The van der Waals surface area contributed by atoms with Crippen LogP contribution < -0.4 is 0 Å². The van der Waals surface area contributed by atoms with Gasteiger partial charge in [0.25, 0.3) is 0 Å². The SMILES string of the molecule is CCN(CC)C(=O)CN1CCC(c2nc(C)no2)CC1. The predicted molar refractivity (Wildman–Crippen MR) is 75.4 cm³/mol. The molecule has 0 aliphatic carbocycles. The van der Waals surface area contributed by atoms with E-state index in [1.165, 1.54) is 0 Å². The van der Waals surface area contributed by atoms with Gasteiger partial charge < -0.3 is 9.42 Å². The third-order valence-corrected chi connectivity index (χ3v) is 3.96. The fourth-order valence-electron chi connectivity index (χ4n) is 2.68. The number of rotatable bonds is 5. The number of carbonyl (C=O) groups is 1. The number of amides is 1. The Bertz CT molecular complexity index is 434. The smallest absolute Gasteiger partial charge is 0.236 e. The van der Waals surface area contributed by atoms with Crippen molar-refractivity contribution in [2.75, 3.05) is 32.7 Å². The van der Waals surface area contributed by atoms with E-state index in [1.807, 2.05) is 25.7 Å². The van der Waals surface area contributed by atoms with Crippen LogP contribution in [0.2, 0.25) is 0 Å². The van der Waals surface area contributed by atoms with Crippen LogP contribution in [0.15, 0.2) is 4.52 Å². The molecular formula is C14H24N4O2. The van der Waals surface area contributed by atoms with Gasteiger partial charge in [0.2, 0.25) is 11.8 Å². The second-order valence-corrected chi connectivity index (χ2v) is 5.30. The Morgan fingerprint density at radius 1 is 1.35 bits per heavy atom. The maximum absolute atomic E-state index is 12.1. The highest BCUT2D eigenvalue weighted by atomic mass is 16.5. The summed E-state index contributed by atoms with van der Waals surface area (Å²) in [4.78, 5) is 20.5. The van der Waals surface area contributed by atoms with Gasteiger partial charge >= 0.3 is 0 Å². The van der Waals surface area contributed by atoms with Crippen molar-refractivity contribution in [3.05, 3.63) is 11.7 Å². The molecule has 0 radical (unpaired) electrons. The highest BCUT2D eigenvalue weighted by Gasteiger charge is 2.26. The van der Waals surface area contributed by atoms with Crippen LogP contribution in [0.4, 0.5) is 0 Å². The summed E-state index contributed by atoms with van der Waals surface area (Å²) in [5.41, 5.74) is 0. The molecule has 1 fully saturated rings.